The summed E-state index contributed by atoms with van der Waals surface area (Å²) >= 11 is 0. The molecule has 0 bridgehead atoms. The second-order valence-electron chi connectivity index (χ2n) is 3.96. The minimum atomic E-state index is -5.46. The number of rotatable bonds is 2. The fraction of sp³-hybridized carbons (Fsp3) is 0.100. The predicted octanol–water partition coefficient (Wildman–Crippen LogP) is 2.80. The lowest BCUT2D eigenvalue weighted by molar-refractivity contribution is -0.383. The van der Waals surface area contributed by atoms with Crippen LogP contribution in [0.1, 0.15) is 5.56 Å². The Hall–Kier alpha value is -2.79. The van der Waals surface area contributed by atoms with Crippen molar-refractivity contribution in [3.63, 3.8) is 0 Å². The lowest BCUT2D eigenvalue weighted by Gasteiger charge is -2.12. The summed E-state index contributed by atoms with van der Waals surface area (Å²) in [6.07, 6.45) is -4.91. The quantitative estimate of drug-likeness (QED) is 0.398. The van der Waals surface area contributed by atoms with E-state index in [0.717, 1.165) is 0 Å². The number of halogens is 6. The van der Waals surface area contributed by atoms with Gasteiger partial charge in [0, 0.05) is 6.07 Å². The zero-order valence-corrected chi connectivity index (χ0v) is 10.2. The van der Waals surface area contributed by atoms with Gasteiger partial charge >= 0.3 is 11.9 Å². The lowest BCUT2D eigenvalue weighted by Crippen LogP contribution is -2.16. The van der Waals surface area contributed by atoms with Gasteiger partial charge in [-0.05, 0) is 0 Å². The van der Waals surface area contributed by atoms with Gasteiger partial charge in [-0.1, -0.05) is 0 Å². The number of nitro groups is 1. The molecule has 2 rings (SSSR count). The number of anilines is 1. The Kier molecular flexibility index (Phi) is 3.47. The zero-order valence-electron chi connectivity index (χ0n) is 10.2. The van der Waals surface area contributed by atoms with Gasteiger partial charge in [-0.15, -0.1) is 0 Å². The van der Waals surface area contributed by atoms with Crippen LogP contribution in [-0.2, 0) is 6.18 Å². The average Bonchev–Trinajstić information content (AvgIpc) is 2.74. The molecule has 2 aromatic rings. The molecule has 0 amide bonds. The molecule has 0 spiro atoms. The number of benzene rings is 1. The van der Waals surface area contributed by atoms with Gasteiger partial charge in [-0.2, -0.15) is 18.3 Å². The Balaban J connectivity index is 2.72. The van der Waals surface area contributed by atoms with Crippen molar-refractivity contribution in [1.29, 1.82) is 0 Å². The maximum absolute atomic E-state index is 13.7. The van der Waals surface area contributed by atoms with E-state index in [1.54, 1.807) is 0 Å². The Bertz CT molecular complexity index is 770. The molecule has 12 heteroatoms. The van der Waals surface area contributed by atoms with Gasteiger partial charge in [0.2, 0.25) is 5.82 Å². The molecular weight excluding hydrogens is 322 g/mol. The third-order valence-electron chi connectivity index (χ3n) is 2.63. The highest BCUT2D eigenvalue weighted by Gasteiger charge is 2.40. The number of aromatic nitrogens is 2. The van der Waals surface area contributed by atoms with Crippen molar-refractivity contribution in [3.05, 3.63) is 45.4 Å². The van der Waals surface area contributed by atoms with Crippen LogP contribution in [0.2, 0.25) is 0 Å². The smallest absolute Gasteiger partial charge is 0.378 e. The van der Waals surface area contributed by atoms with Crippen molar-refractivity contribution in [2.45, 2.75) is 6.18 Å². The number of nitrogens with zero attached hydrogens (tertiary/aromatic N) is 3. The van der Waals surface area contributed by atoms with Gasteiger partial charge in [-0.3, -0.25) is 10.1 Å². The molecular formula is C10H4F6N4O2. The van der Waals surface area contributed by atoms with Crippen molar-refractivity contribution in [2.24, 2.45) is 0 Å². The summed E-state index contributed by atoms with van der Waals surface area (Å²) in [4.78, 5) is 9.55. The van der Waals surface area contributed by atoms with Crippen LogP contribution in [-0.4, -0.2) is 14.7 Å². The van der Waals surface area contributed by atoms with Gasteiger partial charge in [-0.25, -0.2) is 17.9 Å². The number of nitrogens with two attached hydrogens (primary N) is 1. The second kappa shape index (κ2) is 4.89. The largest absolute Gasteiger partial charge is 0.422 e. The fourth-order valence-corrected chi connectivity index (χ4v) is 1.68. The van der Waals surface area contributed by atoms with Crippen LogP contribution >= 0.6 is 0 Å². The highest BCUT2D eigenvalue weighted by molar-refractivity contribution is 5.56. The first-order valence-electron chi connectivity index (χ1n) is 5.28. The van der Waals surface area contributed by atoms with Crippen LogP contribution in [0.3, 0.4) is 0 Å². The zero-order chi connectivity index (χ0) is 16.8. The van der Waals surface area contributed by atoms with Crippen molar-refractivity contribution in [3.8, 4) is 5.69 Å². The Morgan fingerprint density at radius 3 is 2.27 bits per heavy atom. The van der Waals surface area contributed by atoms with Gasteiger partial charge in [0.25, 0.3) is 0 Å². The fourth-order valence-electron chi connectivity index (χ4n) is 1.68. The standard InChI is InChI=1S/C10H4F6N4O2/c11-3-1-4(7(12)8(13)6(3)10(14,15)16)19-9(17)5(2-18-19)20(21)22/h1-2H,17H2. The number of nitrogen functional groups attached to an aromatic ring is 1. The van der Waals surface area contributed by atoms with E-state index in [2.05, 4.69) is 5.10 Å². The van der Waals surface area contributed by atoms with Crippen LogP contribution in [0, 0.1) is 27.6 Å². The topological polar surface area (TPSA) is 87.0 Å². The van der Waals surface area contributed by atoms with E-state index in [9.17, 15) is 36.5 Å². The van der Waals surface area contributed by atoms with Gasteiger partial charge in [0.15, 0.2) is 11.6 Å². The van der Waals surface area contributed by atoms with Crippen molar-refractivity contribution in [1.82, 2.24) is 9.78 Å². The summed E-state index contributed by atoms with van der Waals surface area (Å²) in [6, 6.07) is -0.00563. The van der Waals surface area contributed by atoms with E-state index in [1.165, 1.54) is 0 Å². The summed E-state index contributed by atoms with van der Waals surface area (Å²) in [5.41, 5.74) is 0.896. The minimum absolute atomic E-state index is 0.00563. The Morgan fingerprint density at radius 1 is 1.23 bits per heavy atom. The van der Waals surface area contributed by atoms with E-state index >= 15 is 0 Å². The molecule has 0 aliphatic rings. The van der Waals surface area contributed by atoms with E-state index in [1.807, 2.05) is 0 Å². The highest BCUT2D eigenvalue weighted by Crippen LogP contribution is 2.37. The maximum Gasteiger partial charge on any atom is 0.422 e. The number of hydrogen-bond donors (Lipinski definition) is 1. The van der Waals surface area contributed by atoms with Crippen molar-refractivity contribution < 1.29 is 31.3 Å². The van der Waals surface area contributed by atoms with Crippen molar-refractivity contribution in [2.75, 3.05) is 5.73 Å². The molecule has 22 heavy (non-hydrogen) atoms. The first-order chi connectivity index (χ1) is 10.1. The van der Waals surface area contributed by atoms with E-state index in [4.69, 9.17) is 5.73 Å². The predicted molar refractivity (Wildman–Crippen MR) is 59.5 cm³/mol. The molecule has 1 aromatic heterocycles. The highest BCUT2D eigenvalue weighted by atomic mass is 19.4. The normalized spacial score (nSPS) is 11.7. The van der Waals surface area contributed by atoms with Gasteiger partial charge in [0.05, 0.1) is 4.92 Å². The lowest BCUT2D eigenvalue weighted by atomic mass is 10.1. The molecule has 2 N–H and O–H groups in total. The average molecular weight is 326 g/mol. The van der Waals surface area contributed by atoms with Crippen LogP contribution in [0.25, 0.3) is 5.69 Å². The van der Waals surface area contributed by atoms with Crippen LogP contribution in [0.15, 0.2) is 12.3 Å². The van der Waals surface area contributed by atoms with E-state index in [-0.39, 0.29) is 10.7 Å². The molecule has 0 aliphatic heterocycles. The van der Waals surface area contributed by atoms with Crippen LogP contribution in [0.4, 0.5) is 37.8 Å². The molecule has 6 nitrogen and oxygen atoms in total. The molecule has 0 atom stereocenters. The van der Waals surface area contributed by atoms with Crippen LogP contribution < -0.4 is 5.73 Å². The molecule has 118 valence electrons. The summed E-state index contributed by atoms with van der Waals surface area (Å²) in [7, 11) is 0. The third-order valence-corrected chi connectivity index (χ3v) is 2.63. The summed E-state index contributed by atoms with van der Waals surface area (Å²) in [6.45, 7) is 0. The van der Waals surface area contributed by atoms with Crippen molar-refractivity contribution >= 4 is 11.5 Å². The summed E-state index contributed by atoms with van der Waals surface area (Å²) < 4.78 is 78.1. The Labute approximate surface area is 116 Å². The summed E-state index contributed by atoms with van der Waals surface area (Å²) in [5, 5.41) is 13.8. The third kappa shape index (κ3) is 2.31. The van der Waals surface area contributed by atoms with Gasteiger partial charge in [0.1, 0.15) is 23.3 Å². The number of hydrogen-bond acceptors (Lipinski definition) is 4. The minimum Gasteiger partial charge on any atom is -0.378 e. The number of alkyl halides is 3. The molecule has 0 fully saturated rings. The first-order valence-corrected chi connectivity index (χ1v) is 5.28. The Morgan fingerprint density at radius 2 is 1.82 bits per heavy atom. The molecule has 0 saturated heterocycles. The molecule has 1 aromatic carbocycles. The molecule has 0 aliphatic carbocycles. The van der Waals surface area contributed by atoms with Crippen LogP contribution in [0.5, 0.6) is 0 Å². The molecule has 0 unspecified atom stereocenters. The molecule has 1 heterocycles. The maximum atomic E-state index is 13.7. The molecule has 0 saturated carbocycles. The molecule has 0 radical (unpaired) electrons. The first kappa shape index (κ1) is 15.6. The van der Waals surface area contributed by atoms with E-state index in [0.29, 0.717) is 6.20 Å². The summed E-state index contributed by atoms with van der Waals surface area (Å²) in [5.74, 6) is -7.51. The SMILES string of the molecule is Nc1c([N+](=O)[O-])cnn1-c1cc(F)c(C(F)(F)F)c(F)c1F. The monoisotopic (exact) mass is 326 g/mol. The van der Waals surface area contributed by atoms with E-state index < -0.39 is 51.3 Å². The second-order valence-corrected chi connectivity index (χ2v) is 3.96. The van der Waals surface area contributed by atoms with Gasteiger partial charge < -0.3 is 5.73 Å².